The topological polar surface area (TPSA) is 65.7 Å². The molecule has 0 aliphatic rings. The molecule has 1 aromatic carbocycles. The molecule has 3 N–H and O–H groups in total. The van der Waals surface area contributed by atoms with Crippen molar-refractivity contribution >= 4 is 11.3 Å². The molecule has 0 spiro atoms. The number of nitrogens with two attached hydrogens (primary N) is 1. The van der Waals surface area contributed by atoms with Gasteiger partial charge in [-0.15, -0.1) is 11.3 Å². The number of hydrogen-bond donors (Lipinski definition) is 2. The fraction of sp³-hybridized carbons (Fsp3) is 0.286. The largest absolute Gasteiger partial charge is 0.497 e. The molecule has 0 fully saturated rings. The van der Waals surface area contributed by atoms with Crippen LogP contribution >= 0.6 is 11.3 Å². The number of methoxy groups -OCH3 is 3. The van der Waals surface area contributed by atoms with Crippen molar-refractivity contribution in [3.8, 4) is 17.2 Å². The van der Waals surface area contributed by atoms with E-state index in [2.05, 4.69) is 5.43 Å². The summed E-state index contributed by atoms with van der Waals surface area (Å²) in [5.41, 5.74) is 3.73. The fourth-order valence-electron chi connectivity index (χ4n) is 1.98. The normalized spacial score (nSPS) is 12.0. The first-order valence-electron chi connectivity index (χ1n) is 6.04. The molecule has 0 radical (unpaired) electrons. The van der Waals surface area contributed by atoms with Crippen molar-refractivity contribution in [3.63, 3.8) is 0 Å². The summed E-state index contributed by atoms with van der Waals surface area (Å²) in [6, 6.07) is 7.40. The molecule has 0 saturated carbocycles. The molecule has 6 heteroatoms. The lowest BCUT2D eigenvalue weighted by atomic mass is 10.0. The maximum Gasteiger partial charge on any atom is 0.129 e. The summed E-state index contributed by atoms with van der Waals surface area (Å²) in [7, 11) is 4.90. The van der Waals surface area contributed by atoms with Crippen LogP contribution in [0.5, 0.6) is 17.2 Å². The molecule has 5 nitrogen and oxygen atoms in total. The number of hydrogen-bond acceptors (Lipinski definition) is 6. The molecular formula is C14H18N2O3S. The van der Waals surface area contributed by atoms with Gasteiger partial charge in [0, 0.05) is 15.8 Å². The lowest BCUT2D eigenvalue weighted by Gasteiger charge is -2.18. The van der Waals surface area contributed by atoms with Crippen LogP contribution in [-0.2, 0) is 0 Å². The van der Waals surface area contributed by atoms with E-state index in [1.54, 1.807) is 32.7 Å². The third kappa shape index (κ3) is 2.87. The van der Waals surface area contributed by atoms with Crippen LogP contribution in [0, 0.1) is 0 Å². The molecule has 1 atom stereocenters. The molecule has 108 valence electrons. The van der Waals surface area contributed by atoms with Crippen molar-refractivity contribution in [2.24, 2.45) is 5.84 Å². The van der Waals surface area contributed by atoms with Crippen LogP contribution in [0.1, 0.15) is 16.5 Å². The number of thiophene rings is 1. The lowest BCUT2D eigenvalue weighted by molar-refractivity contribution is 0.394. The first-order valence-corrected chi connectivity index (χ1v) is 6.92. The Hall–Kier alpha value is -1.76. The van der Waals surface area contributed by atoms with E-state index in [9.17, 15) is 0 Å². The third-order valence-electron chi connectivity index (χ3n) is 3.03. The Labute approximate surface area is 122 Å². The molecule has 2 rings (SSSR count). The molecule has 0 aliphatic carbocycles. The van der Waals surface area contributed by atoms with E-state index in [1.807, 2.05) is 29.6 Å². The molecule has 0 aliphatic heterocycles. The average molecular weight is 294 g/mol. The molecule has 0 bridgehead atoms. The molecule has 1 heterocycles. The zero-order valence-corrected chi connectivity index (χ0v) is 12.5. The summed E-state index contributed by atoms with van der Waals surface area (Å²) in [6.45, 7) is 0. The Morgan fingerprint density at radius 2 is 1.80 bits per heavy atom. The lowest BCUT2D eigenvalue weighted by Crippen LogP contribution is -2.28. The Kier molecular flexibility index (Phi) is 4.84. The van der Waals surface area contributed by atoms with Gasteiger partial charge in [-0.2, -0.15) is 0 Å². The van der Waals surface area contributed by atoms with Crippen molar-refractivity contribution in [1.29, 1.82) is 0 Å². The van der Waals surface area contributed by atoms with Gasteiger partial charge in [0.25, 0.3) is 0 Å². The van der Waals surface area contributed by atoms with Gasteiger partial charge >= 0.3 is 0 Å². The molecule has 1 aromatic heterocycles. The van der Waals surface area contributed by atoms with Crippen LogP contribution in [0.4, 0.5) is 0 Å². The number of ether oxygens (including phenoxy) is 3. The summed E-state index contributed by atoms with van der Waals surface area (Å²) in [5, 5.41) is 1.94. The zero-order chi connectivity index (χ0) is 14.5. The van der Waals surface area contributed by atoms with Crippen LogP contribution in [0.25, 0.3) is 0 Å². The van der Waals surface area contributed by atoms with E-state index in [0.29, 0.717) is 0 Å². The van der Waals surface area contributed by atoms with Crippen LogP contribution in [0.2, 0.25) is 0 Å². The molecule has 2 aromatic rings. The van der Waals surface area contributed by atoms with Crippen molar-refractivity contribution in [3.05, 3.63) is 40.1 Å². The van der Waals surface area contributed by atoms with Crippen molar-refractivity contribution in [2.75, 3.05) is 21.3 Å². The van der Waals surface area contributed by atoms with Crippen LogP contribution in [0.15, 0.2) is 29.6 Å². The summed E-state index contributed by atoms with van der Waals surface area (Å²) >= 11 is 1.57. The first kappa shape index (κ1) is 14.6. The molecular weight excluding hydrogens is 276 g/mol. The van der Waals surface area contributed by atoms with E-state index in [1.165, 1.54) is 0 Å². The predicted molar refractivity (Wildman–Crippen MR) is 79.6 cm³/mol. The quantitative estimate of drug-likeness (QED) is 0.632. The van der Waals surface area contributed by atoms with Gasteiger partial charge in [-0.25, -0.2) is 5.43 Å². The van der Waals surface area contributed by atoms with Gasteiger partial charge in [0.15, 0.2) is 0 Å². The van der Waals surface area contributed by atoms with Gasteiger partial charge in [-0.1, -0.05) is 0 Å². The second-order valence-electron chi connectivity index (χ2n) is 4.10. The number of nitrogens with one attached hydrogen (secondary N) is 1. The highest BCUT2D eigenvalue weighted by Gasteiger charge is 2.20. The first-order chi connectivity index (χ1) is 9.73. The smallest absolute Gasteiger partial charge is 0.129 e. The number of rotatable bonds is 6. The molecule has 1 unspecified atom stereocenters. The Balaban J connectivity index is 2.44. The van der Waals surface area contributed by atoms with E-state index in [-0.39, 0.29) is 6.04 Å². The summed E-state index contributed by atoms with van der Waals surface area (Å²) in [4.78, 5) is 1.04. The summed E-state index contributed by atoms with van der Waals surface area (Å²) in [6.07, 6.45) is 0. The summed E-state index contributed by atoms with van der Waals surface area (Å²) in [5.74, 6) is 8.04. The van der Waals surface area contributed by atoms with Gasteiger partial charge in [0.2, 0.25) is 0 Å². The highest BCUT2D eigenvalue weighted by Crippen LogP contribution is 2.36. The van der Waals surface area contributed by atoms with E-state index < -0.39 is 0 Å². The van der Waals surface area contributed by atoms with Crippen molar-refractivity contribution in [2.45, 2.75) is 6.04 Å². The monoisotopic (exact) mass is 294 g/mol. The highest BCUT2D eigenvalue weighted by atomic mass is 32.1. The second kappa shape index (κ2) is 6.60. The molecule has 20 heavy (non-hydrogen) atoms. The van der Waals surface area contributed by atoms with E-state index in [4.69, 9.17) is 20.1 Å². The van der Waals surface area contributed by atoms with Crippen LogP contribution in [0.3, 0.4) is 0 Å². The Morgan fingerprint density at radius 3 is 2.35 bits per heavy atom. The predicted octanol–water partition coefficient (Wildman–Crippen LogP) is 2.33. The van der Waals surface area contributed by atoms with E-state index >= 15 is 0 Å². The SMILES string of the molecule is COc1csc(C(NN)c2cc(OC)ccc2OC)c1. The minimum atomic E-state index is -0.186. The van der Waals surface area contributed by atoms with Crippen molar-refractivity contribution < 1.29 is 14.2 Å². The van der Waals surface area contributed by atoms with Gasteiger partial charge in [0.1, 0.15) is 17.2 Å². The second-order valence-corrected chi connectivity index (χ2v) is 5.04. The molecule has 0 amide bonds. The maximum absolute atomic E-state index is 5.72. The summed E-state index contributed by atoms with van der Waals surface area (Å²) < 4.78 is 15.9. The maximum atomic E-state index is 5.72. The van der Waals surface area contributed by atoms with Gasteiger partial charge in [-0.05, 0) is 24.3 Å². The minimum Gasteiger partial charge on any atom is -0.497 e. The van der Waals surface area contributed by atoms with Crippen molar-refractivity contribution in [1.82, 2.24) is 5.43 Å². The zero-order valence-electron chi connectivity index (χ0n) is 11.7. The minimum absolute atomic E-state index is 0.186. The van der Waals surface area contributed by atoms with E-state index in [0.717, 1.165) is 27.7 Å². The Bertz CT molecular complexity index is 571. The van der Waals surface area contributed by atoms with Gasteiger partial charge in [-0.3, -0.25) is 5.84 Å². The van der Waals surface area contributed by atoms with Crippen LogP contribution in [-0.4, -0.2) is 21.3 Å². The van der Waals surface area contributed by atoms with Crippen LogP contribution < -0.4 is 25.5 Å². The number of hydrazine groups is 1. The standard InChI is InChI=1S/C14H18N2O3S/c1-17-9-4-5-12(19-3)11(6-9)14(16-15)13-7-10(18-2)8-20-13/h4-8,14,16H,15H2,1-3H3. The van der Waals surface area contributed by atoms with Gasteiger partial charge in [0.05, 0.1) is 27.4 Å². The number of benzene rings is 1. The third-order valence-corrected chi connectivity index (χ3v) is 4.01. The Morgan fingerprint density at radius 1 is 1.05 bits per heavy atom. The highest BCUT2D eigenvalue weighted by molar-refractivity contribution is 7.10. The average Bonchev–Trinajstić information content (AvgIpc) is 2.96. The fourth-order valence-corrected chi connectivity index (χ4v) is 2.91. The molecule has 0 saturated heterocycles. The van der Waals surface area contributed by atoms with Gasteiger partial charge < -0.3 is 14.2 Å².